The minimum Gasteiger partial charge on any atom is -0.403 e. The minimum absolute atomic E-state index is 0.180. The molecule has 4 rings (SSSR count). The highest BCUT2D eigenvalue weighted by atomic mass is 32.1. The summed E-state index contributed by atoms with van der Waals surface area (Å²) in [5, 5.41) is 0. The minimum atomic E-state index is -0.698. The Morgan fingerprint density at radius 1 is 1.17 bits per heavy atom. The summed E-state index contributed by atoms with van der Waals surface area (Å²) in [6.07, 6.45) is 4.73. The number of ether oxygens (including phenoxy) is 5. The molecule has 0 spiro atoms. The quantitative estimate of drug-likeness (QED) is 0.219. The topological polar surface area (TPSA) is 81.0 Å². The second-order valence-corrected chi connectivity index (χ2v) is 9.94. The summed E-state index contributed by atoms with van der Waals surface area (Å²) in [6.45, 7) is 10.1. The van der Waals surface area contributed by atoms with E-state index in [0.29, 0.717) is 37.6 Å². The number of benzene rings is 1. The highest BCUT2D eigenvalue weighted by Crippen LogP contribution is 2.47. The Hall–Kier alpha value is -2.17. The first-order valence-corrected chi connectivity index (χ1v) is 13.2. The third-order valence-corrected chi connectivity index (χ3v) is 6.90. The van der Waals surface area contributed by atoms with E-state index in [9.17, 15) is 4.79 Å². The van der Waals surface area contributed by atoms with Gasteiger partial charge in [0.1, 0.15) is 17.8 Å². The summed E-state index contributed by atoms with van der Waals surface area (Å²) in [5.41, 5.74) is 1.47. The van der Waals surface area contributed by atoms with E-state index in [1.54, 1.807) is 22.9 Å². The van der Waals surface area contributed by atoms with Crippen LogP contribution in [0.3, 0.4) is 0 Å². The maximum atomic E-state index is 12.6. The number of aryl methyl sites for hydroxylation is 2. The molecule has 3 heterocycles. The molecule has 2 saturated heterocycles. The Morgan fingerprint density at radius 2 is 1.89 bits per heavy atom. The van der Waals surface area contributed by atoms with Crippen LogP contribution in [0.5, 0.6) is 5.88 Å². The predicted octanol–water partition coefficient (Wildman–Crippen LogP) is 5.12. The highest BCUT2D eigenvalue weighted by Gasteiger charge is 2.63. The molecule has 2 aliphatic rings. The maximum absolute atomic E-state index is 12.6. The monoisotopic (exact) mass is 516 g/mol. The smallest absolute Gasteiger partial charge is 0.344 e. The number of carbonyl (C=O) groups excluding carboxylic acids is 1. The van der Waals surface area contributed by atoms with Crippen molar-refractivity contribution in [2.45, 2.75) is 77.4 Å². The fourth-order valence-corrected chi connectivity index (χ4v) is 4.73. The van der Waals surface area contributed by atoms with Crippen LogP contribution >= 0.6 is 12.2 Å². The van der Waals surface area contributed by atoms with E-state index >= 15 is 0 Å². The molecule has 9 heteroatoms. The zero-order valence-electron chi connectivity index (χ0n) is 21.5. The fraction of sp³-hybridized carbons (Fsp3) is 0.593. The molecular weight excluding hydrogens is 480 g/mol. The maximum Gasteiger partial charge on any atom is 0.344 e. The van der Waals surface area contributed by atoms with Crippen LogP contribution in [0.4, 0.5) is 0 Å². The average molecular weight is 517 g/mol. The van der Waals surface area contributed by atoms with E-state index in [-0.39, 0.29) is 22.9 Å². The molecule has 0 saturated carbocycles. The molecule has 8 nitrogen and oxygen atoms in total. The van der Waals surface area contributed by atoms with E-state index in [4.69, 9.17) is 35.9 Å². The van der Waals surface area contributed by atoms with Crippen LogP contribution in [0.15, 0.2) is 30.5 Å². The normalized spacial score (nSPS) is 24.8. The van der Waals surface area contributed by atoms with Gasteiger partial charge in [0.2, 0.25) is 10.7 Å². The Bertz CT molecular complexity index is 1100. The fourth-order valence-electron chi connectivity index (χ4n) is 4.49. The SMILES string of the molecule is CCCCOC[C@@]12COC(C1OCCCC)[C@H](n1cc(C)c(OC(=O)c3ccc(C)cc3)nc1=S)O2. The molecule has 4 atom stereocenters. The molecule has 2 fully saturated rings. The van der Waals surface area contributed by atoms with Crippen LogP contribution in [0.25, 0.3) is 0 Å². The lowest BCUT2D eigenvalue weighted by atomic mass is 10.00. The molecule has 2 aliphatic heterocycles. The number of nitrogens with zero attached hydrogens (tertiary/aromatic N) is 2. The Labute approximate surface area is 217 Å². The molecule has 2 aromatic rings. The van der Waals surface area contributed by atoms with E-state index in [1.165, 1.54) is 0 Å². The van der Waals surface area contributed by atoms with Crippen molar-refractivity contribution in [1.29, 1.82) is 0 Å². The molecule has 1 aromatic carbocycles. The van der Waals surface area contributed by atoms with Crippen molar-refractivity contribution in [2.75, 3.05) is 26.4 Å². The largest absolute Gasteiger partial charge is 0.403 e. The lowest BCUT2D eigenvalue weighted by Crippen LogP contribution is -2.46. The van der Waals surface area contributed by atoms with Gasteiger partial charge in [-0.2, -0.15) is 4.98 Å². The van der Waals surface area contributed by atoms with Crippen LogP contribution < -0.4 is 4.74 Å². The zero-order valence-corrected chi connectivity index (χ0v) is 22.3. The second kappa shape index (κ2) is 11.9. The van der Waals surface area contributed by atoms with Crippen molar-refractivity contribution in [3.05, 3.63) is 51.9 Å². The number of aromatic nitrogens is 2. The standard InChI is InChI=1S/C27H36N2O6S/c1-5-7-13-31-16-27-17-33-21(22(27)32-14-8-6-2)24(35-27)29-15-19(4)23(28-26(29)36)34-25(30)20-11-9-18(3)10-12-20/h9-12,15,21-22,24H,5-8,13-14,16-17H2,1-4H3/t21?,22?,24-,27-/m1/s1. The molecule has 0 N–H and O–H groups in total. The number of rotatable bonds is 12. The first-order chi connectivity index (χ1) is 17.4. The number of esters is 1. The van der Waals surface area contributed by atoms with Crippen molar-refractivity contribution in [2.24, 2.45) is 0 Å². The number of unbranched alkanes of at least 4 members (excludes halogenated alkanes) is 2. The average Bonchev–Trinajstić information content (AvgIpc) is 3.36. The number of fused-ring (bicyclic) bond motifs is 2. The third kappa shape index (κ3) is 5.70. The predicted molar refractivity (Wildman–Crippen MR) is 137 cm³/mol. The first kappa shape index (κ1) is 26.9. The molecule has 0 aliphatic carbocycles. The van der Waals surface area contributed by atoms with Gasteiger partial charge in [-0.05, 0) is 51.0 Å². The number of carbonyl (C=O) groups is 1. The number of hydrogen-bond acceptors (Lipinski definition) is 8. The Morgan fingerprint density at radius 3 is 2.61 bits per heavy atom. The van der Waals surface area contributed by atoms with Crippen LogP contribution in [0.1, 0.15) is 67.2 Å². The Kier molecular flexibility index (Phi) is 8.90. The van der Waals surface area contributed by atoms with Gasteiger partial charge in [0.15, 0.2) is 6.23 Å². The van der Waals surface area contributed by atoms with E-state index < -0.39 is 17.8 Å². The molecule has 196 valence electrons. The van der Waals surface area contributed by atoms with Crippen LogP contribution in [0, 0.1) is 18.6 Å². The van der Waals surface area contributed by atoms with E-state index in [0.717, 1.165) is 31.2 Å². The summed E-state index contributed by atoms with van der Waals surface area (Å²) in [6, 6.07) is 7.18. The molecule has 2 unspecified atom stereocenters. The number of hydrogen-bond donors (Lipinski definition) is 0. The lowest BCUT2D eigenvalue weighted by molar-refractivity contribution is -0.195. The van der Waals surface area contributed by atoms with Gasteiger partial charge < -0.3 is 23.7 Å². The van der Waals surface area contributed by atoms with Gasteiger partial charge in [-0.25, -0.2) is 4.79 Å². The van der Waals surface area contributed by atoms with Gasteiger partial charge in [0, 0.05) is 25.0 Å². The molecule has 2 bridgehead atoms. The zero-order chi connectivity index (χ0) is 25.7. The summed E-state index contributed by atoms with van der Waals surface area (Å²) < 4.78 is 32.6. The molecule has 1 aromatic heterocycles. The van der Waals surface area contributed by atoms with Crippen molar-refractivity contribution >= 4 is 18.2 Å². The van der Waals surface area contributed by atoms with Crippen LogP contribution in [-0.2, 0) is 18.9 Å². The van der Waals surface area contributed by atoms with Crippen molar-refractivity contribution in [3.63, 3.8) is 0 Å². The van der Waals surface area contributed by atoms with E-state index in [2.05, 4.69) is 18.8 Å². The molecule has 0 amide bonds. The van der Waals surface area contributed by atoms with Crippen LogP contribution in [-0.4, -0.2) is 59.8 Å². The van der Waals surface area contributed by atoms with Gasteiger partial charge in [-0.15, -0.1) is 0 Å². The summed E-state index contributed by atoms with van der Waals surface area (Å²) >= 11 is 5.59. The molecule has 36 heavy (non-hydrogen) atoms. The van der Waals surface area contributed by atoms with Gasteiger partial charge in [-0.3, -0.25) is 4.57 Å². The van der Waals surface area contributed by atoms with Gasteiger partial charge in [0.05, 0.1) is 18.8 Å². The van der Waals surface area contributed by atoms with Gasteiger partial charge in [0.25, 0.3) is 0 Å². The van der Waals surface area contributed by atoms with Gasteiger partial charge in [-0.1, -0.05) is 44.4 Å². The van der Waals surface area contributed by atoms with Crippen molar-refractivity contribution in [3.8, 4) is 5.88 Å². The Balaban J connectivity index is 1.53. The summed E-state index contributed by atoms with van der Waals surface area (Å²) in [7, 11) is 0. The lowest BCUT2D eigenvalue weighted by Gasteiger charge is -2.32. The van der Waals surface area contributed by atoms with Gasteiger partial charge >= 0.3 is 5.97 Å². The van der Waals surface area contributed by atoms with Crippen molar-refractivity contribution in [1.82, 2.24) is 9.55 Å². The molecular formula is C27H36N2O6S. The van der Waals surface area contributed by atoms with Crippen LogP contribution in [0.2, 0.25) is 0 Å². The second-order valence-electron chi connectivity index (χ2n) is 9.57. The molecule has 0 radical (unpaired) electrons. The first-order valence-electron chi connectivity index (χ1n) is 12.8. The third-order valence-electron chi connectivity index (χ3n) is 6.60. The van der Waals surface area contributed by atoms with E-state index in [1.807, 2.05) is 26.0 Å². The highest BCUT2D eigenvalue weighted by molar-refractivity contribution is 7.71. The summed E-state index contributed by atoms with van der Waals surface area (Å²) in [5.74, 6) is -0.302. The summed E-state index contributed by atoms with van der Waals surface area (Å²) in [4.78, 5) is 17.0. The van der Waals surface area contributed by atoms with Crippen molar-refractivity contribution < 1.29 is 28.5 Å².